The van der Waals surface area contributed by atoms with Gasteiger partial charge in [-0.25, -0.2) is 0 Å². The van der Waals surface area contributed by atoms with Crippen molar-refractivity contribution in [2.45, 2.75) is 12.8 Å². The minimum absolute atomic E-state index is 0.0439. The number of hydrogen-bond acceptors (Lipinski definition) is 4. The van der Waals surface area contributed by atoms with E-state index in [0.29, 0.717) is 28.3 Å². The highest BCUT2D eigenvalue weighted by atomic mass is 35.5. The summed E-state index contributed by atoms with van der Waals surface area (Å²) < 4.78 is 5.22. The number of rotatable bonds is 5. The van der Waals surface area contributed by atoms with Crippen LogP contribution in [-0.2, 0) is 14.4 Å². The van der Waals surface area contributed by atoms with E-state index in [9.17, 15) is 14.4 Å². The van der Waals surface area contributed by atoms with Gasteiger partial charge in [0.25, 0.3) is 0 Å². The van der Waals surface area contributed by atoms with Crippen molar-refractivity contribution in [2.24, 2.45) is 35.5 Å². The van der Waals surface area contributed by atoms with Crippen LogP contribution in [0.3, 0.4) is 0 Å². The van der Waals surface area contributed by atoms with Gasteiger partial charge in [0.15, 0.2) is 0 Å². The Morgan fingerprint density at radius 1 is 1.18 bits per heavy atom. The summed E-state index contributed by atoms with van der Waals surface area (Å²) in [5, 5.41) is 3.23. The van der Waals surface area contributed by atoms with Gasteiger partial charge in [-0.15, -0.1) is 0 Å². The first-order chi connectivity index (χ1) is 13.5. The Balaban J connectivity index is 1.25. The van der Waals surface area contributed by atoms with Gasteiger partial charge in [0.2, 0.25) is 17.7 Å². The van der Waals surface area contributed by atoms with Crippen molar-refractivity contribution in [3.05, 3.63) is 35.4 Å². The van der Waals surface area contributed by atoms with E-state index in [-0.39, 0.29) is 54.4 Å². The van der Waals surface area contributed by atoms with Crippen molar-refractivity contribution in [1.82, 2.24) is 4.90 Å². The van der Waals surface area contributed by atoms with Crippen LogP contribution in [-0.4, -0.2) is 36.3 Å². The van der Waals surface area contributed by atoms with Crippen molar-refractivity contribution in [3.8, 4) is 5.75 Å². The molecule has 1 aromatic rings. The molecule has 2 bridgehead atoms. The van der Waals surface area contributed by atoms with Crippen LogP contribution in [0.1, 0.15) is 12.8 Å². The number of likely N-dealkylation sites (tertiary alicyclic amines) is 1. The molecule has 1 aliphatic heterocycles. The number of allylic oxidation sites excluding steroid dienone is 2. The highest BCUT2D eigenvalue weighted by Crippen LogP contribution is 2.65. The first-order valence-electron chi connectivity index (χ1n) is 9.66. The number of nitrogens with zero attached hydrogens (tertiary/aromatic N) is 1. The molecule has 1 saturated heterocycles. The highest BCUT2D eigenvalue weighted by molar-refractivity contribution is 6.31. The van der Waals surface area contributed by atoms with E-state index < -0.39 is 0 Å². The van der Waals surface area contributed by atoms with Crippen LogP contribution < -0.4 is 10.1 Å². The van der Waals surface area contributed by atoms with E-state index in [1.54, 1.807) is 18.2 Å². The van der Waals surface area contributed by atoms with Crippen LogP contribution in [0, 0.1) is 35.5 Å². The van der Waals surface area contributed by atoms with E-state index in [0.717, 1.165) is 6.42 Å². The summed E-state index contributed by atoms with van der Waals surface area (Å²) in [6.45, 7) is 0.105. The molecule has 2 saturated carbocycles. The van der Waals surface area contributed by atoms with Crippen LogP contribution in [0.5, 0.6) is 5.75 Å². The maximum atomic E-state index is 12.9. The van der Waals surface area contributed by atoms with Crippen LogP contribution in [0.4, 0.5) is 5.69 Å². The first-order valence-corrected chi connectivity index (χ1v) is 10.0. The molecule has 0 aromatic heterocycles. The number of amides is 3. The predicted octanol–water partition coefficient (Wildman–Crippen LogP) is 2.73. The Kier molecular flexibility index (Phi) is 4.02. The molecule has 1 aromatic carbocycles. The Labute approximate surface area is 167 Å². The third-order valence-corrected chi connectivity index (χ3v) is 6.99. The zero-order valence-corrected chi connectivity index (χ0v) is 16.2. The van der Waals surface area contributed by atoms with Gasteiger partial charge in [-0.2, -0.15) is 0 Å². The largest absolute Gasteiger partial charge is 0.495 e. The molecule has 28 heavy (non-hydrogen) atoms. The van der Waals surface area contributed by atoms with E-state index in [1.807, 2.05) is 0 Å². The molecule has 1 heterocycles. The maximum Gasteiger partial charge on any atom is 0.233 e. The number of ether oxygens (including phenoxy) is 1. The Morgan fingerprint density at radius 3 is 2.43 bits per heavy atom. The molecule has 1 N–H and O–H groups in total. The van der Waals surface area contributed by atoms with Crippen molar-refractivity contribution in [3.63, 3.8) is 0 Å². The standard InChI is InChI=1S/C21H21ClN2O4/c1-28-16-5-2-10(22)8-15(16)23-17(25)6-7-24-20(26)18-11-3-4-12(14-9-13(11)14)19(18)21(24)27/h2-5,8,11-14,18-19H,6-7,9H2,1H3,(H,23,25)/t11-,12-,13-,14-,18-,19+/m1/s1. The van der Waals surface area contributed by atoms with Gasteiger partial charge < -0.3 is 10.1 Å². The van der Waals surface area contributed by atoms with Crippen molar-refractivity contribution < 1.29 is 19.1 Å². The van der Waals surface area contributed by atoms with Gasteiger partial charge in [0.1, 0.15) is 5.75 Å². The topological polar surface area (TPSA) is 75.7 Å². The van der Waals surface area contributed by atoms with Crippen LogP contribution >= 0.6 is 11.6 Å². The number of anilines is 1. The molecular weight excluding hydrogens is 380 g/mol. The minimum atomic E-state index is -0.292. The summed E-state index contributed by atoms with van der Waals surface area (Å²) in [6, 6.07) is 4.95. The van der Waals surface area contributed by atoms with Gasteiger partial charge in [-0.05, 0) is 48.3 Å². The zero-order valence-electron chi connectivity index (χ0n) is 15.4. The Morgan fingerprint density at radius 2 is 1.82 bits per heavy atom. The molecule has 4 aliphatic carbocycles. The number of carbonyl (C=O) groups excluding carboxylic acids is 3. The smallest absolute Gasteiger partial charge is 0.233 e. The molecule has 7 heteroatoms. The Bertz CT molecular complexity index is 878. The minimum Gasteiger partial charge on any atom is -0.495 e. The number of benzene rings is 1. The molecule has 6 nitrogen and oxygen atoms in total. The molecule has 0 unspecified atom stereocenters. The lowest BCUT2D eigenvalue weighted by atomic mass is 9.63. The first kappa shape index (κ1) is 17.7. The average Bonchev–Trinajstić information content (AvgIpc) is 3.46. The molecule has 146 valence electrons. The summed E-state index contributed by atoms with van der Waals surface area (Å²) in [4.78, 5) is 39.6. The second kappa shape index (κ2) is 6.34. The van der Waals surface area contributed by atoms with E-state index >= 15 is 0 Å². The monoisotopic (exact) mass is 400 g/mol. The molecule has 6 atom stereocenters. The molecule has 3 fully saturated rings. The highest BCUT2D eigenvalue weighted by Gasteiger charge is 2.66. The normalized spacial score (nSPS) is 34.3. The van der Waals surface area contributed by atoms with Gasteiger partial charge in [0.05, 0.1) is 24.6 Å². The van der Waals surface area contributed by atoms with Gasteiger partial charge in [-0.3, -0.25) is 19.3 Å². The second-order valence-electron chi connectivity index (χ2n) is 8.13. The SMILES string of the molecule is COc1ccc(Cl)cc1NC(=O)CCN1C(=O)[C@@H]2[C@@H]3C=C[C@H]([C@H]4C[C@H]34)[C@@H]2C1=O. The van der Waals surface area contributed by atoms with Crippen molar-refractivity contribution >= 4 is 35.0 Å². The number of hydrogen-bond donors (Lipinski definition) is 1. The van der Waals surface area contributed by atoms with Gasteiger partial charge >= 0.3 is 0 Å². The van der Waals surface area contributed by atoms with Crippen molar-refractivity contribution in [2.75, 3.05) is 19.0 Å². The molecule has 0 radical (unpaired) electrons. The molecule has 3 amide bonds. The van der Waals surface area contributed by atoms with Crippen LogP contribution in [0.2, 0.25) is 5.02 Å². The van der Waals surface area contributed by atoms with E-state index in [1.165, 1.54) is 12.0 Å². The lowest BCUT2D eigenvalue weighted by Crippen LogP contribution is -2.40. The molecule has 0 spiro atoms. The third kappa shape index (κ3) is 2.58. The third-order valence-electron chi connectivity index (χ3n) is 6.75. The van der Waals surface area contributed by atoms with Crippen LogP contribution in [0.25, 0.3) is 0 Å². The fourth-order valence-electron chi connectivity index (χ4n) is 5.44. The van der Waals surface area contributed by atoms with E-state index in [4.69, 9.17) is 16.3 Å². The number of carbonyl (C=O) groups is 3. The lowest BCUT2D eigenvalue weighted by molar-refractivity contribution is -0.140. The lowest BCUT2D eigenvalue weighted by Gasteiger charge is -2.37. The Hall–Kier alpha value is -2.34. The molecule has 5 aliphatic rings. The van der Waals surface area contributed by atoms with Gasteiger partial charge in [0, 0.05) is 18.0 Å². The van der Waals surface area contributed by atoms with Gasteiger partial charge in [-0.1, -0.05) is 23.8 Å². The quantitative estimate of drug-likeness (QED) is 0.609. The maximum absolute atomic E-state index is 12.9. The predicted molar refractivity (Wildman–Crippen MR) is 103 cm³/mol. The fourth-order valence-corrected chi connectivity index (χ4v) is 5.62. The molecule has 6 rings (SSSR count). The number of methoxy groups -OCH3 is 1. The summed E-state index contributed by atoms with van der Waals surface area (Å²) in [6.07, 6.45) is 5.47. The molecular formula is C21H21ClN2O4. The fraction of sp³-hybridized carbons (Fsp3) is 0.476. The summed E-state index contributed by atoms with van der Waals surface area (Å²) in [5.74, 6) is 1.11. The average molecular weight is 401 g/mol. The van der Waals surface area contributed by atoms with Crippen molar-refractivity contribution in [1.29, 1.82) is 0 Å². The number of halogens is 1. The number of imide groups is 1. The number of nitrogens with one attached hydrogen (secondary N) is 1. The summed E-state index contributed by atoms with van der Waals surface area (Å²) >= 11 is 5.98. The summed E-state index contributed by atoms with van der Waals surface area (Å²) in [5.41, 5.74) is 0.468. The summed E-state index contributed by atoms with van der Waals surface area (Å²) in [7, 11) is 1.51. The van der Waals surface area contributed by atoms with Crippen LogP contribution in [0.15, 0.2) is 30.4 Å². The zero-order chi connectivity index (χ0) is 19.6. The second-order valence-corrected chi connectivity index (χ2v) is 8.56. The van der Waals surface area contributed by atoms with E-state index in [2.05, 4.69) is 17.5 Å².